The quantitative estimate of drug-likeness (QED) is 0.117. The van der Waals surface area contributed by atoms with E-state index in [4.69, 9.17) is 34.9 Å². The van der Waals surface area contributed by atoms with Gasteiger partial charge in [0.05, 0.1) is 0 Å². The number of hydrogen-bond donors (Lipinski definition) is 0. The van der Waals surface area contributed by atoms with E-state index in [1.165, 1.54) is 17.6 Å². The van der Waals surface area contributed by atoms with E-state index in [-0.39, 0.29) is 0 Å². The molecule has 9 aromatic carbocycles. The molecule has 78 heavy (non-hydrogen) atoms. The van der Waals surface area contributed by atoms with E-state index in [1.807, 2.05) is 88.4 Å². The minimum Gasteiger partial charge on any atom is -0.213 e. The Labute approximate surface area is 454 Å². The number of nitrogens with zero attached hydrogens (tertiary/aromatic N) is 10. The van der Waals surface area contributed by atoms with Crippen molar-refractivity contribution >= 4 is 52.7 Å². The molecule has 0 spiro atoms. The summed E-state index contributed by atoms with van der Waals surface area (Å²) in [5.41, 5.74) is 9.14. The zero-order chi connectivity index (χ0) is 52.7. The molecule has 0 fully saturated rings. The van der Waals surface area contributed by atoms with Crippen LogP contribution >= 0.6 is 0 Å². The van der Waals surface area contributed by atoms with Crippen molar-refractivity contribution in [1.29, 1.82) is 0 Å². The second-order valence-electron chi connectivity index (χ2n) is 19.5. The predicted molar refractivity (Wildman–Crippen MR) is 316 cm³/mol. The third-order valence-corrected chi connectivity index (χ3v) is 24.4. The van der Waals surface area contributed by atoms with Crippen LogP contribution in [0.1, 0.15) is 23.3 Å². The minimum absolute atomic E-state index is 0.523. The van der Waals surface area contributed by atoms with E-state index in [0.717, 1.165) is 66.4 Å². The topological polar surface area (TPSA) is 121 Å². The summed E-state index contributed by atoms with van der Waals surface area (Å²) in [6.45, 7) is 7.61. The third-order valence-electron chi connectivity index (χ3n) is 14.4. The van der Waals surface area contributed by atoms with Gasteiger partial charge in [-0.15, -0.1) is 0 Å². The van der Waals surface area contributed by atoms with E-state index < -0.39 is 13.3 Å². The van der Waals surface area contributed by atoms with Crippen LogP contribution in [0.5, 0.6) is 0 Å². The summed E-state index contributed by atoms with van der Waals surface area (Å²) in [7, 11) is 0. The molecule has 10 nitrogen and oxygen atoms in total. The van der Waals surface area contributed by atoms with E-state index >= 15 is 0 Å². The smallest absolute Gasteiger partial charge is 0.213 e. The molecule has 0 amide bonds. The number of hydrogen-bond acceptors (Lipinski definition) is 9. The molecule has 0 N–H and O–H groups in total. The van der Waals surface area contributed by atoms with Crippen molar-refractivity contribution in [2.45, 2.75) is 27.7 Å². The Morgan fingerprint density at radius 2 is 0.628 bits per heavy atom. The molecule has 0 saturated heterocycles. The van der Waals surface area contributed by atoms with Gasteiger partial charge in [-0.05, 0) is 27.7 Å². The average Bonchev–Trinajstić information content (AvgIpc) is 4.03. The maximum absolute atomic E-state index is 5.43. The van der Waals surface area contributed by atoms with Gasteiger partial charge in [0.25, 0.3) is 0 Å². The van der Waals surface area contributed by atoms with Crippen LogP contribution in [0, 0.1) is 27.7 Å². The fourth-order valence-electron chi connectivity index (χ4n) is 11.1. The van der Waals surface area contributed by atoms with Crippen LogP contribution < -0.4 is 17.6 Å². The summed E-state index contributed by atoms with van der Waals surface area (Å²) in [4.78, 5) is 44.4. The van der Waals surface area contributed by atoms with E-state index in [9.17, 15) is 0 Å². The maximum atomic E-state index is 5.43. The Bertz CT molecular complexity index is 4060. The first-order valence-electron chi connectivity index (χ1n) is 26.0. The minimum atomic E-state index is -3.68. The first-order valence-corrected chi connectivity index (χ1v) is 30.2. The van der Waals surface area contributed by atoms with Gasteiger partial charge in [0.15, 0.2) is 0 Å². The molecule has 0 atom stereocenters. The summed E-state index contributed by atoms with van der Waals surface area (Å²) >= 11 is -3.68. The van der Waals surface area contributed by atoms with Gasteiger partial charge in [0.1, 0.15) is 23.3 Å². The first kappa shape index (κ1) is 48.0. The Morgan fingerprint density at radius 1 is 0.269 bits per heavy atom. The number of fused-ring (bicyclic) bond motifs is 3. The van der Waals surface area contributed by atoms with Crippen molar-refractivity contribution in [2.75, 3.05) is 0 Å². The molecule has 11 heteroatoms. The number of aromatic nitrogens is 10. The second kappa shape index (κ2) is 20.1. The van der Waals surface area contributed by atoms with Crippen LogP contribution in [-0.2, 0) is 0 Å². The SMILES string of the molecule is Cc1nc(C)nc(-c2ccc3c4ccc(-c5nc(C)nc(C)n5)cc4n(-c4ccc(-c5ccc[c]([Ge]([c]6ccccc6)([c]6ccccc6)[c]6ccccc6)c5)cc4-c4nc(-c5ccccc5)nc(-c5ccccc5)n4)c3c2)n1. The predicted octanol–water partition coefficient (Wildman–Crippen LogP) is 12.0. The largest absolute Gasteiger partial charge is 0.213 e. The average molecular weight is 1070 g/mol. The molecule has 4 aromatic heterocycles. The van der Waals surface area contributed by atoms with Crippen LogP contribution in [0.3, 0.4) is 0 Å². The molecular weight excluding hydrogens is 1020 g/mol. The molecule has 372 valence electrons. The zero-order valence-electron chi connectivity index (χ0n) is 43.4. The summed E-state index contributed by atoms with van der Waals surface area (Å²) < 4.78 is 7.69. The molecule has 0 aliphatic rings. The summed E-state index contributed by atoms with van der Waals surface area (Å²) in [5.74, 6) is 5.48. The summed E-state index contributed by atoms with van der Waals surface area (Å²) in [5, 5.41) is 2.09. The molecule has 0 aliphatic heterocycles. The third kappa shape index (κ3) is 8.81. The molecule has 0 bridgehead atoms. The monoisotopic (exact) mass is 1070 g/mol. The number of aryl methyl sites for hydroxylation is 4. The van der Waals surface area contributed by atoms with Gasteiger partial charge in [0, 0.05) is 0 Å². The van der Waals surface area contributed by atoms with E-state index in [2.05, 4.69) is 184 Å². The van der Waals surface area contributed by atoms with Gasteiger partial charge >= 0.3 is 364 Å². The fraction of sp³-hybridized carbons (Fsp3) is 0.0597. The van der Waals surface area contributed by atoms with Crippen LogP contribution in [0.15, 0.2) is 231 Å². The number of rotatable bonds is 11. The summed E-state index contributed by atoms with van der Waals surface area (Å²) in [6.07, 6.45) is 0. The normalized spacial score (nSPS) is 11.6. The van der Waals surface area contributed by atoms with Gasteiger partial charge in [0.2, 0.25) is 0 Å². The van der Waals surface area contributed by atoms with Crippen LogP contribution in [0.4, 0.5) is 0 Å². The van der Waals surface area contributed by atoms with Crippen molar-refractivity contribution in [1.82, 2.24) is 49.4 Å². The van der Waals surface area contributed by atoms with Crippen molar-refractivity contribution in [2.24, 2.45) is 0 Å². The van der Waals surface area contributed by atoms with Gasteiger partial charge in [-0.1, -0.05) is 12.1 Å². The first-order chi connectivity index (χ1) is 38.3. The van der Waals surface area contributed by atoms with Gasteiger partial charge in [-0.25, -0.2) is 29.9 Å². The fourth-order valence-corrected chi connectivity index (χ4v) is 21.1. The van der Waals surface area contributed by atoms with Gasteiger partial charge in [-0.3, -0.25) is 0 Å². The maximum Gasteiger partial charge on any atom is -0.213 e. The molecule has 0 saturated carbocycles. The Hall–Kier alpha value is -9.65. The Kier molecular flexibility index (Phi) is 12.4. The summed E-state index contributed by atoms with van der Waals surface area (Å²) in [6, 6.07) is 82.5. The zero-order valence-corrected chi connectivity index (χ0v) is 45.5. The molecule has 4 heterocycles. The van der Waals surface area contributed by atoms with Gasteiger partial charge in [-0.2, -0.15) is 0 Å². The second-order valence-corrected chi connectivity index (χ2v) is 27.5. The van der Waals surface area contributed by atoms with Crippen molar-refractivity contribution in [3.8, 4) is 73.8 Å². The molecule has 0 radical (unpaired) electrons. The molecular formula is C67H50GeN10. The van der Waals surface area contributed by atoms with E-state index in [1.54, 1.807) is 0 Å². The Morgan fingerprint density at radius 3 is 1.08 bits per heavy atom. The van der Waals surface area contributed by atoms with Crippen molar-refractivity contribution < 1.29 is 0 Å². The van der Waals surface area contributed by atoms with Crippen molar-refractivity contribution in [3.63, 3.8) is 0 Å². The van der Waals surface area contributed by atoms with E-state index in [0.29, 0.717) is 52.4 Å². The molecule has 0 unspecified atom stereocenters. The molecule has 0 aliphatic carbocycles. The molecule has 13 aromatic rings. The van der Waals surface area contributed by atoms with Crippen LogP contribution in [0.2, 0.25) is 0 Å². The standard InChI is InChI=1S/C67H50GeN10/c1-43-69-44(2)72-65(71-43)51-33-36-57-58-37-34-52(66-73-45(3)70-46(4)74-66)42-62(58)78(61(57)41-51)60-38-35-50(40-59(60)67-76-63(47-21-10-5-11-22-47)75-64(77-67)48-23-12-6-13-24-48)49-25-20-32-56(39-49)68(53-26-14-7-15-27-53,54-28-16-8-17-29-54)55-30-18-9-19-31-55/h5-42H,1-4H3. The molecule has 13 rings (SSSR count). The van der Waals surface area contributed by atoms with Gasteiger partial charge < -0.3 is 0 Å². The number of benzene rings is 9. The van der Waals surface area contributed by atoms with Crippen LogP contribution in [0.25, 0.3) is 95.6 Å². The van der Waals surface area contributed by atoms with Crippen molar-refractivity contribution in [3.05, 3.63) is 254 Å². The Balaban J connectivity index is 1.11. The van der Waals surface area contributed by atoms with Crippen LogP contribution in [-0.4, -0.2) is 62.7 Å².